The maximum absolute atomic E-state index is 11.8. The molecule has 0 aliphatic carbocycles. The molecule has 1 aromatic carbocycles. The first-order valence-corrected chi connectivity index (χ1v) is 7.11. The molecule has 6 heteroatoms. The predicted octanol–water partition coefficient (Wildman–Crippen LogP) is -0.426. The average Bonchev–Trinajstić information content (AvgIpc) is 2.89. The predicted molar refractivity (Wildman–Crippen MR) is 78.1 cm³/mol. The number of rotatable bonds is 6. The van der Waals surface area contributed by atoms with Crippen molar-refractivity contribution < 1.29 is 19.7 Å². The normalized spacial score (nSPS) is 22.8. The molecule has 116 valence electrons. The Morgan fingerprint density at radius 2 is 2.38 bits per heavy atom. The number of carbonyl (C=O) groups is 1. The summed E-state index contributed by atoms with van der Waals surface area (Å²) in [7, 11) is 0. The van der Waals surface area contributed by atoms with Gasteiger partial charge in [-0.1, -0.05) is 12.1 Å². The van der Waals surface area contributed by atoms with Crippen molar-refractivity contribution in [3.8, 4) is 5.75 Å². The molecule has 21 heavy (non-hydrogen) atoms. The van der Waals surface area contributed by atoms with Crippen LogP contribution in [0.2, 0.25) is 0 Å². The fourth-order valence-corrected chi connectivity index (χ4v) is 2.21. The summed E-state index contributed by atoms with van der Waals surface area (Å²) in [6, 6.07) is 7.17. The third-order valence-electron chi connectivity index (χ3n) is 3.37. The van der Waals surface area contributed by atoms with Gasteiger partial charge in [-0.2, -0.15) is 0 Å². The summed E-state index contributed by atoms with van der Waals surface area (Å²) in [4.78, 5) is 11.8. The lowest BCUT2D eigenvalue weighted by Crippen LogP contribution is -2.44. The van der Waals surface area contributed by atoms with Crippen LogP contribution in [0.3, 0.4) is 0 Å². The number of aliphatic hydroxyl groups excluding tert-OH is 2. The molecular formula is C15H22N2O4. The van der Waals surface area contributed by atoms with Gasteiger partial charge in [-0.25, -0.2) is 0 Å². The maximum atomic E-state index is 11.8. The van der Waals surface area contributed by atoms with Crippen LogP contribution in [-0.2, 0) is 4.79 Å². The zero-order valence-corrected chi connectivity index (χ0v) is 12.1. The Labute approximate surface area is 124 Å². The van der Waals surface area contributed by atoms with Crippen LogP contribution in [0.4, 0.5) is 0 Å². The molecule has 0 bridgehead atoms. The topological polar surface area (TPSA) is 90.8 Å². The Hall–Kier alpha value is -1.63. The second-order valence-corrected chi connectivity index (χ2v) is 5.38. The molecule has 1 aromatic rings. The maximum Gasteiger partial charge on any atom is 0.237 e. The first-order chi connectivity index (χ1) is 10.0. The van der Waals surface area contributed by atoms with Crippen LogP contribution in [0.1, 0.15) is 12.0 Å². The summed E-state index contributed by atoms with van der Waals surface area (Å²) in [6.45, 7) is 2.63. The van der Waals surface area contributed by atoms with Crippen LogP contribution < -0.4 is 15.4 Å². The van der Waals surface area contributed by atoms with E-state index in [9.17, 15) is 15.0 Å². The summed E-state index contributed by atoms with van der Waals surface area (Å²) in [6.07, 6.45) is -0.849. The minimum atomic E-state index is -0.777. The first-order valence-electron chi connectivity index (χ1n) is 7.11. The van der Waals surface area contributed by atoms with Crippen molar-refractivity contribution in [2.45, 2.75) is 31.6 Å². The minimum absolute atomic E-state index is 0.116. The van der Waals surface area contributed by atoms with Crippen LogP contribution >= 0.6 is 0 Å². The summed E-state index contributed by atoms with van der Waals surface area (Å²) in [5.41, 5.74) is 1.08. The third-order valence-corrected chi connectivity index (χ3v) is 3.37. The smallest absolute Gasteiger partial charge is 0.237 e. The second kappa shape index (κ2) is 7.40. The highest BCUT2D eigenvalue weighted by atomic mass is 16.5. The molecule has 1 aliphatic rings. The number of benzene rings is 1. The summed E-state index contributed by atoms with van der Waals surface area (Å²) >= 11 is 0. The molecule has 1 heterocycles. The molecule has 1 saturated heterocycles. The lowest BCUT2D eigenvalue weighted by atomic mass is 10.2. The Morgan fingerprint density at radius 1 is 1.57 bits per heavy atom. The standard InChI is InChI=1S/C15H22N2O4/c1-10-3-2-4-13(5-10)21-9-12(19)8-17-15(20)14-6-11(18)7-16-14/h2-5,11-12,14,16,18-19H,6-9H2,1H3,(H,17,20)/t11-,12+,14+/m0/s1. The number of β-amino-alcohol motifs (C(OH)–C–C–N with tert-alkyl or cyclic N) is 1. The number of nitrogens with one attached hydrogen (secondary N) is 2. The van der Waals surface area contributed by atoms with Gasteiger partial charge in [0.1, 0.15) is 18.5 Å². The molecule has 2 rings (SSSR count). The molecule has 0 unspecified atom stereocenters. The van der Waals surface area contributed by atoms with Crippen LogP contribution in [-0.4, -0.2) is 54.1 Å². The highest BCUT2D eigenvalue weighted by molar-refractivity contribution is 5.82. The van der Waals surface area contributed by atoms with E-state index in [1.807, 2.05) is 31.2 Å². The van der Waals surface area contributed by atoms with Crippen LogP contribution in [0.15, 0.2) is 24.3 Å². The van der Waals surface area contributed by atoms with E-state index in [0.29, 0.717) is 18.7 Å². The summed E-state index contributed by atoms with van der Waals surface area (Å²) in [5, 5.41) is 24.7. The van der Waals surface area contributed by atoms with E-state index in [4.69, 9.17) is 4.74 Å². The molecule has 1 aliphatic heterocycles. The molecule has 4 N–H and O–H groups in total. The zero-order chi connectivity index (χ0) is 15.2. The van der Waals surface area contributed by atoms with Gasteiger partial charge >= 0.3 is 0 Å². The van der Waals surface area contributed by atoms with Crippen molar-refractivity contribution in [3.63, 3.8) is 0 Å². The van der Waals surface area contributed by atoms with E-state index in [1.54, 1.807) is 0 Å². The number of aliphatic hydroxyl groups is 2. The number of carbonyl (C=O) groups excluding carboxylic acids is 1. The van der Waals surface area contributed by atoms with Crippen LogP contribution in [0.5, 0.6) is 5.75 Å². The Kier molecular flexibility index (Phi) is 5.55. The van der Waals surface area contributed by atoms with Crippen molar-refractivity contribution >= 4 is 5.91 Å². The molecule has 0 aromatic heterocycles. The molecule has 0 radical (unpaired) electrons. The average molecular weight is 294 g/mol. The van der Waals surface area contributed by atoms with Crippen molar-refractivity contribution in [2.24, 2.45) is 0 Å². The van der Waals surface area contributed by atoms with Gasteiger partial charge < -0.3 is 25.6 Å². The Balaban J connectivity index is 1.67. The van der Waals surface area contributed by atoms with Crippen molar-refractivity contribution in [2.75, 3.05) is 19.7 Å². The SMILES string of the molecule is Cc1cccc(OC[C@H](O)CNC(=O)[C@H]2C[C@H](O)CN2)c1. The summed E-state index contributed by atoms with van der Waals surface area (Å²) in [5.74, 6) is 0.488. The van der Waals surface area contributed by atoms with E-state index in [1.165, 1.54) is 0 Å². The van der Waals surface area contributed by atoms with E-state index < -0.39 is 12.2 Å². The first kappa shape index (κ1) is 15.8. The Morgan fingerprint density at radius 3 is 3.05 bits per heavy atom. The molecule has 3 atom stereocenters. The van der Waals surface area contributed by atoms with Gasteiger partial charge in [-0.05, 0) is 31.0 Å². The van der Waals surface area contributed by atoms with Gasteiger partial charge in [0.2, 0.25) is 5.91 Å². The van der Waals surface area contributed by atoms with E-state index >= 15 is 0 Å². The minimum Gasteiger partial charge on any atom is -0.491 e. The van der Waals surface area contributed by atoms with Crippen LogP contribution in [0.25, 0.3) is 0 Å². The number of hydrogen-bond donors (Lipinski definition) is 4. The molecule has 1 amide bonds. The molecule has 0 spiro atoms. The van der Waals surface area contributed by atoms with Gasteiger partial charge in [0, 0.05) is 13.1 Å². The lowest BCUT2D eigenvalue weighted by molar-refractivity contribution is -0.123. The largest absolute Gasteiger partial charge is 0.491 e. The highest BCUT2D eigenvalue weighted by Crippen LogP contribution is 2.12. The van der Waals surface area contributed by atoms with Gasteiger partial charge in [0.25, 0.3) is 0 Å². The van der Waals surface area contributed by atoms with Gasteiger partial charge in [-0.15, -0.1) is 0 Å². The van der Waals surface area contributed by atoms with E-state index in [0.717, 1.165) is 5.56 Å². The summed E-state index contributed by atoms with van der Waals surface area (Å²) < 4.78 is 5.47. The number of ether oxygens (including phenoxy) is 1. The molecule has 6 nitrogen and oxygen atoms in total. The third kappa shape index (κ3) is 5.00. The molecular weight excluding hydrogens is 272 g/mol. The monoisotopic (exact) mass is 294 g/mol. The van der Waals surface area contributed by atoms with Crippen LogP contribution in [0, 0.1) is 6.92 Å². The number of hydrogen-bond acceptors (Lipinski definition) is 5. The van der Waals surface area contributed by atoms with Crippen molar-refractivity contribution in [1.29, 1.82) is 0 Å². The van der Waals surface area contributed by atoms with Gasteiger partial charge in [-0.3, -0.25) is 4.79 Å². The van der Waals surface area contributed by atoms with Gasteiger partial charge in [0.05, 0.1) is 12.1 Å². The second-order valence-electron chi connectivity index (χ2n) is 5.38. The molecule has 1 fully saturated rings. The van der Waals surface area contributed by atoms with Gasteiger partial charge in [0.15, 0.2) is 0 Å². The molecule has 0 saturated carbocycles. The van der Waals surface area contributed by atoms with Crippen molar-refractivity contribution in [1.82, 2.24) is 10.6 Å². The number of aryl methyl sites for hydroxylation is 1. The fraction of sp³-hybridized carbons (Fsp3) is 0.533. The van der Waals surface area contributed by atoms with E-state index in [2.05, 4.69) is 10.6 Å². The number of amides is 1. The van der Waals surface area contributed by atoms with Crippen molar-refractivity contribution in [3.05, 3.63) is 29.8 Å². The fourth-order valence-electron chi connectivity index (χ4n) is 2.21. The van der Waals surface area contributed by atoms with E-state index in [-0.39, 0.29) is 25.1 Å². The highest BCUT2D eigenvalue weighted by Gasteiger charge is 2.27. The zero-order valence-electron chi connectivity index (χ0n) is 12.1. The lowest BCUT2D eigenvalue weighted by Gasteiger charge is -2.15. The quantitative estimate of drug-likeness (QED) is 0.572. The Bertz CT molecular complexity index is 480.